The zero-order chi connectivity index (χ0) is 8.69. The van der Waals surface area contributed by atoms with Crippen molar-refractivity contribution < 1.29 is 19.4 Å². The number of esters is 1. The monoisotopic (exact) mass is 161 g/mol. The lowest BCUT2D eigenvalue weighted by molar-refractivity contribution is -0.143. The predicted octanol–water partition coefficient (Wildman–Crippen LogP) is -0.299. The lowest BCUT2D eigenvalue weighted by atomic mass is 10.2. The first-order valence-electron chi connectivity index (χ1n) is 3.24. The van der Waals surface area contributed by atoms with E-state index in [2.05, 4.69) is 4.74 Å². The zero-order valence-electron chi connectivity index (χ0n) is 6.08. The molecule has 64 valence electrons. The molecule has 0 aromatic carbocycles. The smallest absolute Gasteiger partial charge is 0.307 e. The molecule has 0 aliphatic heterocycles. The second-order valence-corrected chi connectivity index (χ2v) is 1.93. The third-order valence-electron chi connectivity index (χ3n) is 1.02. The Balaban J connectivity index is 3.24. The number of ether oxygens (including phenoxy) is 1. The van der Waals surface area contributed by atoms with Gasteiger partial charge in [-0.2, -0.15) is 0 Å². The summed E-state index contributed by atoms with van der Waals surface area (Å²) in [4.78, 5) is 20.5. The fourth-order valence-electron chi connectivity index (χ4n) is 0.549. The summed E-state index contributed by atoms with van der Waals surface area (Å²) in [5.41, 5.74) is 4.90. The highest BCUT2D eigenvalue weighted by molar-refractivity contribution is 5.71. The van der Waals surface area contributed by atoms with Crippen LogP contribution >= 0.6 is 0 Å². The summed E-state index contributed by atoms with van der Waals surface area (Å²) < 4.78 is 4.37. The average Bonchev–Trinajstić information content (AvgIpc) is 1.87. The number of hydrogen-bond acceptors (Lipinski definition) is 4. The Kier molecular flexibility index (Phi) is 5.10. The molecular formula is C6H11NO4. The fourth-order valence-corrected chi connectivity index (χ4v) is 0.549. The van der Waals surface area contributed by atoms with E-state index in [0.29, 0.717) is 6.42 Å². The maximum absolute atomic E-state index is 10.5. The Morgan fingerprint density at radius 3 is 2.45 bits per heavy atom. The van der Waals surface area contributed by atoms with Gasteiger partial charge in [-0.05, 0) is 6.42 Å². The lowest BCUT2D eigenvalue weighted by Crippen LogP contribution is -2.12. The quantitative estimate of drug-likeness (QED) is 0.427. The third-order valence-corrected chi connectivity index (χ3v) is 1.02. The van der Waals surface area contributed by atoms with E-state index in [1.807, 2.05) is 0 Å². The fraction of sp³-hybridized carbons (Fsp3) is 0.667. The Bertz CT molecular complexity index is 146. The van der Waals surface area contributed by atoms with Crippen LogP contribution in [0.4, 0.5) is 0 Å². The molecule has 0 saturated carbocycles. The molecule has 0 aromatic rings. The summed E-state index contributed by atoms with van der Waals surface area (Å²) >= 11 is 0. The van der Waals surface area contributed by atoms with Gasteiger partial charge in [0, 0.05) is 12.8 Å². The van der Waals surface area contributed by atoms with Gasteiger partial charge in [-0.1, -0.05) is 0 Å². The molecule has 3 N–H and O–H groups in total. The number of carbonyl (C=O) groups excluding carboxylic acids is 1. The van der Waals surface area contributed by atoms with E-state index >= 15 is 0 Å². The van der Waals surface area contributed by atoms with Crippen molar-refractivity contribution in [1.82, 2.24) is 0 Å². The van der Waals surface area contributed by atoms with Gasteiger partial charge in [0.05, 0.1) is 0 Å². The highest BCUT2D eigenvalue weighted by atomic mass is 16.5. The number of hydrogen-bond donors (Lipinski definition) is 2. The van der Waals surface area contributed by atoms with Gasteiger partial charge < -0.3 is 9.84 Å². The first kappa shape index (κ1) is 9.90. The Hall–Kier alpha value is -1.10. The number of rotatable bonds is 5. The van der Waals surface area contributed by atoms with E-state index in [0.717, 1.165) is 0 Å². The van der Waals surface area contributed by atoms with Gasteiger partial charge in [0.1, 0.15) is 6.73 Å². The summed E-state index contributed by atoms with van der Waals surface area (Å²) in [6.45, 7) is -0.147. The van der Waals surface area contributed by atoms with E-state index in [-0.39, 0.29) is 19.6 Å². The van der Waals surface area contributed by atoms with E-state index in [1.54, 1.807) is 0 Å². The highest BCUT2D eigenvalue weighted by Gasteiger charge is 2.03. The molecule has 5 nitrogen and oxygen atoms in total. The summed E-state index contributed by atoms with van der Waals surface area (Å²) in [6, 6.07) is 0. The molecule has 11 heavy (non-hydrogen) atoms. The summed E-state index contributed by atoms with van der Waals surface area (Å²) in [7, 11) is 0. The van der Waals surface area contributed by atoms with Crippen molar-refractivity contribution in [3.63, 3.8) is 0 Å². The normalized spacial score (nSPS) is 9.18. The van der Waals surface area contributed by atoms with Crippen LogP contribution in [-0.4, -0.2) is 23.8 Å². The minimum Gasteiger partial charge on any atom is -0.481 e. The molecule has 5 heteroatoms. The van der Waals surface area contributed by atoms with Crippen molar-refractivity contribution in [2.24, 2.45) is 5.73 Å². The van der Waals surface area contributed by atoms with Crippen LogP contribution in [0.1, 0.15) is 19.3 Å². The van der Waals surface area contributed by atoms with Crippen molar-refractivity contribution in [1.29, 1.82) is 0 Å². The molecule has 0 heterocycles. The first-order valence-corrected chi connectivity index (χ1v) is 3.24. The molecule has 0 amide bonds. The second-order valence-electron chi connectivity index (χ2n) is 1.93. The molecule has 0 spiro atoms. The van der Waals surface area contributed by atoms with E-state index in [9.17, 15) is 9.59 Å². The number of carboxylic acids is 1. The summed E-state index contributed by atoms with van der Waals surface area (Å²) in [5.74, 6) is -1.36. The van der Waals surface area contributed by atoms with Crippen LogP contribution in [-0.2, 0) is 14.3 Å². The molecule has 0 fully saturated rings. The molecule has 0 aliphatic carbocycles. The van der Waals surface area contributed by atoms with Gasteiger partial charge in [0.15, 0.2) is 0 Å². The highest BCUT2D eigenvalue weighted by Crippen LogP contribution is 1.96. The maximum atomic E-state index is 10.5. The lowest BCUT2D eigenvalue weighted by Gasteiger charge is -1.98. The summed E-state index contributed by atoms with van der Waals surface area (Å²) in [6.07, 6.45) is 0.400. The maximum Gasteiger partial charge on any atom is 0.307 e. The van der Waals surface area contributed by atoms with Crippen molar-refractivity contribution in [2.45, 2.75) is 19.3 Å². The van der Waals surface area contributed by atoms with Crippen LogP contribution in [0.2, 0.25) is 0 Å². The topological polar surface area (TPSA) is 89.6 Å². The zero-order valence-corrected chi connectivity index (χ0v) is 6.08. The van der Waals surface area contributed by atoms with Gasteiger partial charge in [-0.3, -0.25) is 15.3 Å². The Labute approximate surface area is 64.1 Å². The molecule has 0 aromatic heterocycles. The van der Waals surface area contributed by atoms with Crippen molar-refractivity contribution in [3.8, 4) is 0 Å². The second kappa shape index (κ2) is 5.67. The third kappa shape index (κ3) is 6.79. The molecule has 0 unspecified atom stereocenters. The summed E-state index contributed by atoms with van der Waals surface area (Å²) in [5, 5.41) is 8.18. The van der Waals surface area contributed by atoms with E-state index in [1.165, 1.54) is 0 Å². The van der Waals surface area contributed by atoms with Crippen LogP contribution in [0, 0.1) is 0 Å². The van der Waals surface area contributed by atoms with Gasteiger partial charge in [-0.25, -0.2) is 0 Å². The van der Waals surface area contributed by atoms with E-state index in [4.69, 9.17) is 10.8 Å². The molecule has 0 rings (SSSR count). The SMILES string of the molecule is NCOC(=O)CCCC(=O)O. The molecule has 0 radical (unpaired) electrons. The number of aliphatic carboxylic acids is 1. The van der Waals surface area contributed by atoms with Crippen LogP contribution in [0.5, 0.6) is 0 Å². The number of carbonyl (C=O) groups is 2. The van der Waals surface area contributed by atoms with Gasteiger partial charge in [0.25, 0.3) is 0 Å². The average molecular weight is 161 g/mol. The van der Waals surface area contributed by atoms with E-state index < -0.39 is 11.9 Å². The number of nitrogens with two attached hydrogens (primary N) is 1. The Morgan fingerprint density at radius 2 is 2.00 bits per heavy atom. The number of carboxylic acid groups (broad SMARTS) is 1. The van der Waals surface area contributed by atoms with Crippen molar-refractivity contribution in [2.75, 3.05) is 6.73 Å². The first-order chi connectivity index (χ1) is 5.16. The van der Waals surface area contributed by atoms with Crippen LogP contribution in [0.25, 0.3) is 0 Å². The Morgan fingerprint density at radius 1 is 1.36 bits per heavy atom. The minimum absolute atomic E-state index is 0.0142. The van der Waals surface area contributed by atoms with Crippen LogP contribution < -0.4 is 5.73 Å². The van der Waals surface area contributed by atoms with Gasteiger partial charge >= 0.3 is 11.9 Å². The van der Waals surface area contributed by atoms with Gasteiger partial charge in [0.2, 0.25) is 0 Å². The van der Waals surface area contributed by atoms with Gasteiger partial charge in [-0.15, -0.1) is 0 Å². The largest absolute Gasteiger partial charge is 0.481 e. The standard InChI is InChI=1S/C6H11NO4/c7-4-11-6(10)3-1-2-5(8)9/h1-4,7H2,(H,8,9). The predicted molar refractivity (Wildman–Crippen MR) is 36.6 cm³/mol. The molecule has 0 bridgehead atoms. The van der Waals surface area contributed by atoms with Crippen LogP contribution in [0.15, 0.2) is 0 Å². The molecule has 0 atom stereocenters. The molecular weight excluding hydrogens is 150 g/mol. The van der Waals surface area contributed by atoms with Crippen molar-refractivity contribution >= 4 is 11.9 Å². The molecule has 0 aliphatic rings. The molecule has 0 saturated heterocycles. The minimum atomic E-state index is -0.912. The van der Waals surface area contributed by atoms with Crippen LogP contribution in [0.3, 0.4) is 0 Å². The van der Waals surface area contributed by atoms with Crippen molar-refractivity contribution in [3.05, 3.63) is 0 Å².